The average Bonchev–Trinajstić information content (AvgIpc) is 2.39. The van der Waals surface area contributed by atoms with Crippen molar-refractivity contribution >= 4 is 0 Å². The predicted octanol–water partition coefficient (Wildman–Crippen LogP) is 4.00. The van der Waals surface area contributed by atoms with Crippen LogP contribution < -0.4 is 5.32 Å². The van der Waals surface area contributed by atoms with Crippen molar-refractivity contribution in [3.05, 3.63) is 47.5 Å². The van der Waals surface area contributed by atoms with Crippen molar-refractivity contribution in [2.75, 3.05) is 7.05 Å². The summed E-state index contributed by atoms with van der Waals surface area (Å²) in [6.45, 7) is 12.9. The largest absolute Gasteiger partial charge is 0.316 e. The van der Waals surface area contributed by atoms with Crippen molar-refractivity contribution in [3.8, 4) is 0 Å². The highest BCUT2D eigenvalue weighted by Gasteiger charge is 2.29. The van der Waals surface area contributed by atoms with Crippen LogP contribution in [0.5, 0.6) is 0 Å². The summed E-state index contributed by atoms with van der Waals surface area (Å²) in [6, 6.07) is 7.20. The van der Waals surface area contributed by atoms with Gasteiger partial charge in [-0.15, -0.1) is 6.58 Å². The summed E-state index contributed by atoms with van der Waals surface area (Å²) >= 11 is 0. The molecule has 0 aliphatic rings. The van der Waals surface area contributed by atoms with E-state index in [1.54, 1.807) is 0 Å². The van der Waals surface area contributed by atoms with Gasteiger partial charge in [-0.1, -0.05) is 44.5 Å². The number of hydrogen-bond donors (Lipinski definition) is 1. The second-order valence-corrected chi connectivity index (χ2v) is 5.39. The number of hydrogen-bond acceptors (Lipinski definition) is 1. The van der Waals surface area contributed by atoms with Crippen LogP contribution in [0.15, 0.2) is 30.9 Å². The highest BCUT2D eigenvalue weighted by molar-refractivity contribution is 5.38. The van der Waals surface area contributed by atoms with E-state index in [1.807, 2.05) is 7.05 Å². The first-order valence-corrected chi connectivity index (χ1v) is 6.90. The van der Waals surface area contributed by atoms with Gasteiger partial charge >= 0.3 is 0 Å². The van der Waals surface area contributed by atoms with E-state index in [0.29, 0.717) is 6.04 Å². The molecule has 0 aliphatic heterocycles. The number of nitrogens with one attached hydrogen (secondary N) is 1. The molecule has 0 aliphatic carbocycles. The molecule has 0 amide bonds. The molecule has 0 fully saturated rings. The van der Waals surface area contributed by atoms with Crippen LogP contribution in [0.3, 0.4) is 0 Å². The molecule has 1 N–H and O–H groups in total. The minimum atomic E-state index is -0.0229. The molecule has 1 nitrogen and oxygen atoms in total. The molecule has 1 rings (SSSR count). The summed E-state index contributed by atoms with van der Waals surface area (Å²) in [5.74, 6) is 0. The second-order valence-electron chi connectivity index (χ2n) is 5.39. The Morgan fingerprint density at radius 3 is 2.61 bits per heavy atom. The predicted molar refractivity (Wildman–Crippen MR) is 81.2 cm³/mol. The summed E-state index contributed by atoms with van der Waals surface area (Å²) < 4.78 is 0. The van der Waals surface area contributed by atoms with Gasteiger partial charge < -0.3 is 5.32 Å². The van der Waals surface area contributed by atoms with Crippen molar-refractivity contribution in [2.45, 2.75) is 52.0 Å². The van der Waals surface area contributed by atoms with Crippen LogP contribution in [0.2, 0.25) is 0 Å². The molecule has 0 spiro atoms. The number of aryl methyl sites for hydroxylation is 2. The fraction of sp³-hybridized carbons (Fsp3) is 0.529. The first-order valence-electron chi connectivity index (χ1n) is 6.90. The third-order valence-corrected chi connectivity index (χ3v) is 4.25. The quantitative estimate of drug-likeness (QED) is 0.747. The van der Waals surface area contributed by atoms with Gasteiger partial charge in [-0.25, -0.2) is 0 Å². The van der Waals surface area contributed by atoms with E-state index < -0.39 is 0 Å². The Bertz CT molecular complexity index is 408. The van der Waals surface area contributed by atoms with Crippen molar-refractivity contribution < 1.29 is 0 Å². The van der Waals surface area contributed by atoms with Crippen LogP contribution in [-0.4, -0.2) is 13.1 Å². The Hall–Kier alpha value is -1.08. The Morgan fingerprint density at radius 1 is 1.44 bits per heavy atom. The van der Waals surface area contributed by atoms with Gasteiger partial charge in [-0.2, -0.15) is 0 Å². The van der Waals surface area contributed by atoms with E-state index in [4.69, 9.17) is 0 Å². The van der Waals surface area contributed by atoms with Gasteiger partial charge in [-0.05, 0) is 44.0 Å². The van der Waals surface area contributed by atoms with E-state index in [9.17, 15) is 0 Å². The van der Waals surface area contributed by atoms with Gasteiger partial charge in [0.2, 0.25) is 0 Å². The lowest BCUT2D eigenvalue weighted by Gasteiger charge is -2.33. The Balaban J connectivity index is 3.22. The van der Waals surface area contributed by atoms with Crippen molar-refractivity contribution in [2.24, 2.45) is 0 Å². The molecule has 2 atom stereocenters. The van der Waals surface area contributed by atoms with Crippen LogP contribution in [0.25, 0.3) is 0 Å². The number of benzene rings is 1. The minimum absolute atomic E-state index is 0.0229. The molecular weight excluding hydrogens is 218 g/mol. The zero-order valence-electron chi connectivity index (χ0n) is 12.5. The summed E-state index contributed by atoms with van der Waals surface area (Å²) in [6.07, 6.45) is 4.41. The zero-order chi connectivity index (χ0) is 13.8. The summed E-state index contributed by atoms with van der Waals surface area (Å²) in [4.78, 5) is 0. The molecule has 18 heavy (non-hydrogen) atoms. The maximum absolute atomic E-state index is 4.04. The standard InChI is InChI=1S/C17H27N/c1-7-9-15-12-16(11-10-13(15)3)17(5,8-2)14(4)18-6/h8,10-12,14,18H,2,7,9H2,1,3-6H3. The van der Waals surface area contributed by atoms with Gasteiger partial charge in [0.25, 0.3) is 0 Å². The van der Waals surface area contributed by atoms with Crippen molar-refractivity contribution in [3.63, 3.8) is 0 Å². The lowest BCUT2D eigenvalue weighted by atomic mass is 9.75. The van der Waals surface area contributed by atoms with E-state index >= 15 is 0 Å². The maximum Gasteiger partial charge on any atom is 0.0252 e. The summed E-state index contributed by atoms with van der Waals surface area (Å²) in [5.41, 5.74) is 4.19. The molecule has 1 aromatic rings. The van der Waals surface area contributed by atoms with Crippen LogP contribution in [0.4, 0.5) is 0 Å². The normalized spacial score (nSPS) is 16.1. The molecular formula is C17H27N. The maximum atomic E-state index is 4.04. The van der Waals surface area contributed by atoms with Gasteiger partial charge in [0.15, 0.2) is 0 Å². The third kappa shape index (κ3) is 2.84. The Kier molecular flexibility index (Phi) is 5.15. The van der Waals surface area contributed by atoms with Crippen LogP contribution in [0, 0.1) is 6.92 Å². The molecule has 0 aromatic heterocycles. The minimum Gasteiger partial charge on any atom is -0.316 e. The Labute approximate surface area is 112 Å². The topological polar surface area (TPSA) is 12.0 Å². The molecule has 1 heteroatoms. The van der Waals surface area contributed by atoms with E-state index in [-0.39, 0.29) is 5.41 Å². The molecule has 0 heterocycles. The third-order valence-electron chi connectivity index (χ3n) is 4.25. The smallest absolute Gasteiger partial charge is 0.0252 e. The van der Waals surface area contributed by atoms with Crippen LogP contribution >= 0.6 is 0 Å². The van der Waals surface area contributed by atoms with Crippen molar-refractivity contribution in [1.82, 2.24) is 5.32 Å². The monoisotopic (exact) mass is 245 g/mol. The summed E-state index contributed by atoms with van der Waals surface area (Å²) in [5, 5.41) is 3.35. The van der Waals surface area contributed by atoms with Crippen LogP contribution in [-0.2, 0) is 11.8 Å². The van der Waals surface area contributed by atoms with Gasteiger partial charge in [0.05, 0.1) is 0 Å². The van der Waals surface area contributed by atoms with E-state index in [1.165, 1.54) is 23.1 Å². The first kappa shape index (κ1) is 15.0. The molecule has 2 unspecified atom stereocenters. The van der Waals surface area contributed by atoms with Gasteiger partial charge in [0.1, 0.15) is 0 Å². The lowest BCUT2D eigenvalue weighted by molar-refractivity contribution is 0.427. The SMILES string of the molecule is C=CC(C)(c1ccc(C)c(CCC)c1)C(C)NC. The van der Waals surface area contributed by atoms with Gasteiger partial charge in [-0.3, -0.25) is 0 Å². The lowest BCUT2D eigenvalue weighted by Crippen LogP contribution is -2.41. The van der Waals surface area contributed by atoms with Crippen molar-refractivity contribution in [1.29, 1.82) is 0 Å². The fourth-order valence-electron chi connectivity index (χ4n) is 2.39. The zero-order valence-corrected chi connectivity index (χ0v) is 12.5. The second kappa shape index (κ2) is 6.19. The highest BCUT2D eigenvalue weighted by Crippen LogP contribution is 2.30. The molecule has 0 saturated heterocycles. The Morgan fingerprint density at radius 2 is 2.11 bits per heavy atom. The molecule has 0 bridgehead atoms. The van der Waals surface area contributed by atoms with Gasteiger partial charge in [0, 0.05) is 11.5 Å². The number of likely N-dealkylation sites (N-methyl/N-ethyl adjacent to an activating group) is 1. The van der Waals surface area contributed by atoms with E-state index in [0.717, 1.165) is 6.42 Å². The average molecular weight is 245 g/mol. The van der Waals surface area contributed by atoms with Crippen LogP contribution in [0.1, 0.15) is 43.9 Å². The molecule has 1 aromatic carbocycles. The molecule has 100 valence electrons. The first-order chi connectivity index (χ1) is 8.49. The van der Waals surface area contributed by atoms with E-state index in [2.05, 4.69) is 63.9 Å². The number of rotatable bonds is 6. The highest BCUT2D eigenvalue weighted by atomic mass is 14.9. The molecule has 0 radical (unpaired) electrons. The molecule has 0 saturated carbocycles. The fourth-order valence-corrected chi connectivity index (χ4v) is 2.39. The summed E-state index contributed by atoms with van der Waals surface area (Å²) in [7, 11) is 2.01.